The van der Waals surface area contributed by atoms with E-state index in [1.807, 2.05) is 30.3 Å². The van der Waals surface area contributed by atoms with Gasteiger partial charge in [0, 0.05) is 22.2 Å². The van der Waals surface area contributed by atoms with Crippen molar-refractivity contribution in [1.29, 1.82) is 0 Å². The number of hydrogen-bond donors (Lipinski definition) is 1. The number of carboxylic acid groups (broad SMARTS) is 1. The second kappa shape index (κ2) is 7.14. The molecule has 0 unspecified atom stereocenters. The molecule has 0 saturated carbocycles. The van der Waals surface area contributed by atoms with Crippen LogP contribution in [-0.2, 0) is 0 Å². The predicted octanol–water partition coefficient (Wildman–Crippen LogP) is 5.08. The van der Waals surface area contributed by atoms with Gasteiger partial charge in [-0.3, -0.25) is 0 Å². The number of nitrogens with zero attached hydrogens (tertiary/aromatic N) is 3. The highest BCUT2D eigenvalue weighted by Crippen LogP contribution is 2.33. The average Bonchev–Trinajstić information content (AvgIpc) is 3.12. The number of aromatic nitrogens is 3. The van der Waals surface area contributed by atoms with Crippen LogP contribution in [0.5, 0.6) is 5.75 Å². The molecule has 0 spiro atoms. The Kier molecular flexibility index (Phi) is 4.66. The Morgan fingerprint density at radius 2 is 1.82 bits per heavy atom. The maximum absolute atomic E-state index is 11.4. The lowest BCUT2D eigenvalue weighted by molar-refractivity contribution is 0.0690. The largest absolute Gasteiger partial charge is 0.497 e. The molecule has 2 aromatic carbocycles. The number of carboxylic acids is 1. The molecule has 1 N–H and O–H groups in total. The van der Waals surface area contributed by atoms with Gasteiger partial charge in [0.25, 0.3) is 0 Å². The first-order valence-electron chi connectivity index (χ1n) is 8.20. The Hall–Kier alpha value is -3.09. The molecule has 0 aliphatic rings. The van der Waals surface area contributed by atoms with Crippen molar-refractivity contribution in [3.05, 3.63) is 70.3 Å². The van der Waals surface area contributed by atoms with Gasteiger partial charge in [0.1, 0.15) is 5.75 Å². The first kappa shape index (κ1) is 18.3. The Morgan fingerprint density at radius 3 is 2.46 bits per heavy atom. The molecule has 0 radical (unpaired) electrons. The number of hydrogen-bond acceptors (Lipinski definition) is 4. The number of ether oxygens (including phenoxy) is 1. The third-order valence-electron chi connectivity index (χ3n) is 4.24. The van der Waals surface area contributed by atoms with Crippen LogP contribution >= 0.6 is 23.2 Å². The summed E-state index contributed by atoms with van der Waals surface area (Å²) in [4.78, 5) is 15.9. The van der Waals surface area contributed by atoms with Gasteiger partial charge in [0.05, 0.1) is 23.5 Å². The fourth-order valence-electron chi connectivity index (χ4n) is 2.88. The van der Waals surface area contributed by atoms with Gasteiger partial charge in [-0.05, 0) is 48.5 Å². The summed E-state index contributed by atoms with van der Waals surface area (Å²) < 4.78 is 6.70. The average molecular weight is 414 g/mol. The van der Waals surface area contributed by atoms with E-state index in [0.717, 1.165) is 5.56 Å². The molecule has 140 valence electrons. The summed E-state index contributed by atoms with van der Waals surface area (Å²) in [5.74, 6) is -0.418. The minimum Gasteiger partial charge on any atom is -0.497 e. The van der Waals surface area contributed by atoms with Crippen LogP contribution in [0.4, 0.5) is 0 Å². The monoisotopic (exact) mass is 413 g/mol. The van der Waals surface area contributed by atoms with Gasteiger partial charge in [-0.1, -0.05) is 23.2 Å². The van der Waals surface area contributed by atoms with Gasteiger partial charge < -0.3 is 9.84 Å². The van der Waals surface area contributed by atoms with Gasteiger partial charge in [-0.15, -0.1) is 0 Å². The zero-order valence-electron chi connectivity index (χ0n) is 14.6. The van der Waals surface area contributed by atoms with Gasteiger partial charge in [-0.25, -0.2) is 14.3 Å². The van der Waals surface area contributed by atoms with Crippen LogP contribution in [0.3, 0.4) is 0 Å². The second-order valence-electron chi connectivity index (χ2n) is 5.98. The summed E-state index contributed by atoms with van der Waals surface area (Å²) in [5, 5.41) is 14.5. The van der Waals surface area contributed by atoms with E-state index < -0.39 is 5.97 Å². The maximum atomic E-state index is 11.4. The highest BCUT2D eigenvalue weighted by molar-refractivity contribution is 6.36. The van der Waals surface area contributed by atoms with Crippen molar-refractivity contribution < 1.29 is 14.6 Å². The molecule has 4 aromatic rings. The van der Waals surface area contributed by atoms with E-state index in [4.69, 9.17) is 27.9 Å². The third kappa shape index (κ3) is 3.28. The van der Waals surface area contributed by atoms with E-state index in [0.29, 0.717) is 38.4 Å². The highest BCUT2D eigenvalue weighted by Gasteiger charge is 2.17. The predicted molar refractivity (Wildman–Crippen MR) is 107 cm³/mol. The molecule has 0 saturated heterocycles. The van der Waals surface area contributed by atoms with Crippen molar-refractivity contribution in [2.45, 2.75) is 0 Å². The van der Waals surface area contributed by atoms with E-state index in [2.05, 4.69) is 10.1 Å². The second-order valence-corrected chi connectivity index (χ2v) is 6.83. The summed E-state index contributed by atoms with van der Waals surface area (Å²) in [5.41, 5.74) is 3.05. The maximum Gasteiger partial charge on any atom is 0.356 e. The first-order valence-corrected chi connectivity index (χ1v) is 8.96. The normalized spacial score (nSPS) is 11.0. The zero-order valence-corrected chi connectivity index (χ0v) is 16.1. The summed E-state index contributed by atoms with van der Waals surface area (Å²) in [6.07, 6.45) is 0. The number of halogens is 2. The van der Waals surface area contributed by atoms with Crippen molar-refractivity contribution in [2.24, 2.45) is 0 Å². The standard InChI is InChI=1S/C20H13Cl2N3O3/c1-28-13-5-2-11(3-6-13)18-9-16(14-7-4-12(21)8-15(14)22)23-19-10-17(20(26)27)24-25(18)19/h2-10H,1H3,(H,26,27). The molecule has 28 heavy (non-hydrogen) atoms. The zero-order chi connectivity index (χ0) is 19.8. The third-order valence-corrected chi connectivity index (χ3v) is 4.79. The topological polar surface area (TPSA) is 76.7 Å². The number of methoxy groups -OCH3 is 1. The van der Waals surface area contributed by atoms with E-state index in [1.54, 1.807) is 25.3 Å². The van der Waals surface area contributed by atoms with Crippen molar-refractivity contribution in [2.75, 3.05) is 7.11 Å². The van der Waals surface area contributed by atoms with Crippen LogP contribution in [0.25, 0.3) is 28.2 Å². The molecule has 0 aliphatic carbocycles. The van der Waals surface area contributed by atoms with Gasteiger partial charge in [0.15, 0.2) is 11.3 Å². The molecule has 4 rings (SSSR count). The molecule has 2 aromatic heterocycles. The molecule has 0 fully saturated rings. The summed E-state index contributed by atoms with van der Waals surface area (Å²) in [6.45, 7) is 0. The smallest absolute Gasteiger partial charge is 0.356 e. The van der Waals surface area contributed by atoms with Crippen molar-refractivity contribution >= 4 is 34.8 Å². The Morgan fingerprint density at radius 1 is 1.07 bits per heavy atom. The van der Waals surface area contributed by atoms with Crippen molar-refractivity contribution in [1.82, 2.24) is 14.6 Å². The number of carbonyl (C=O) groups is 1. The van der Waals surface area contributed by atoms with Gasteiger partial charge in [0.2, 0.25) is 0 Å². The molecule has 0 atom stereocenters. The molecule has 8 heteroatoms. The lowest BCUT2D eigenvalue weighted by atomic mass is 10.1. The van der Waals surface area contributed by atoms with Crippen LogP contribution in [0.1, 0.15) is 10.5 Å². The van der Waals surface area contributed by atoms with Crippen LogP contribution in [0.2, 0.25) is 10.0 Å². The molecular formula is C20H13Cl2N3O3. The van der Waals surface area contributed by atoms with E-state index >= 15 is 0 Å². The number of rotatable bonds is 4. The summed E-state index contributed by atoms with van der Waals surface area (Å²) >= 11 is 12.3. The van der Waals surface area contributed by atoms with Gasteiger partial charge in [-0.2, -0.15) is 5.10 Å². The molecule has 0 bridgehead atoms. The molecule has 6 nitrogen and oxygen atoms in total. The van der Waals surface area contributed by atoms with E-state index in [-0.39, 0.29) is 5.69 Å². The quantitative estimate of drug-likeness (QED) is 0.504. The minimum atomic E-state index is -1.13. The fraction of sp³-hybridized carbons (Fsp3) is 0.0500. The molecule has 2 heterocycles. The first-order chi connectivity index (χ1) is 13.5. The highest BCUT2D eigenvalue weighted by atomic mass is 35.5. The molecule has 0 aliphatic heterocycles. The van der Waals surface area contributed by atoms with Crippen LogP contribution in [0, 0.1) is 0 Å². The Bertz CT molecular complexity index is 1200. The van der Waals surface area contributed by atoms with Crippen LogP contribution in [0.15, 0.2) is 54.6 Å². The van der Waals surface area contributed by atoms with Gasteiger partial charge >= 0.3 is 5.97 Å². The number of benzene rings is 2. The fourth-order valence-corrected chi connectivity index (χ4v) is 3.39. The van der Waals surface area contributed by atoms with E-state index in [1.165, 1.54) is 10.6 Å². The number of fused-ring (bicyclic) bond motifs is 1. The van der Waals surface area contributed by atoms with Crippen molar-refractivity contribution in [3.8, 4) is 28.3 Å². The van der Waals surface area contributed by atoms with Crippen LogP contribution in [-0.4, -0.2) is 32.8 Å². The molecule has 0 amide bonds. The summed E-state index contributed by atoms with van der Waals surface area (Å²) in [6, 6.07) is 15.7. The minimum absolute atomic E-state index is 0.0957. The van der Waals surface area contributed by atoms with Crippen molar-refractivity contribution in [3.63, 3.8) is 0 Å². The number of aromatic carboxylic acids is 1. The molecular weight excluding hydrogens is 401 g/mol. The Labute approximate surface area is 169 Å². The van der Waals surface area contributed by atoms with Crippen LogP contribution < -0.4 is 4.74 Å². The SMILES string of the molecule is COc1ccc(-c2cc(-c3ccc(Cl)cc3Cl)nc3cc(C(=O)O)nn23)cc1. The Balaban J connectivity index is 1.98. The summed E-state index contributed by atoms with van der Waals surface area (Å²) in [7, 11) is 1.59. The lowest BCUT2D eigenvalue weighted by Crippen LogP contribution is -2.01. The lowest BCUT2D eigenvalue weighted by Gasteiger charge is -2.10. The van der Waals surface area contributed by atoms with E-state index in [9.17, 15) is 9.90 Å².